The Hall–Kier alpha value is -3.61. The molecule has 0 fully saturated rings. The molecule has 7 heteroatoms. The third-order valence-electron chi connectivity index (χ3n) is 6.47. The second-order valence-electron chi connectivity index (χ2n) is 11.4. The number of carbonyl (C=O) groups excluding carboxylic acids is 2. The quantitative estimate of drug-likeness (QED) is 0.313. The smallest absolute Gasteiger partial charge is 0.315 e. The van der Waals surface area contributed by atoms with E-state index < -0.39 is 0 Å². The molecule has 0 spiro atoms. The van der Waals surface area contributed by atoms with Crippen LogP contribution in [0, 0.1) is 0 Å². The standard InChI is InChI=1S/C31H43N5O2/c1-9-18-35(30(38)33-29-24(21(2)3)16-13-17-25(29)22(4)5)20-28(37)32-27-19-26(31(6,7)8)34-36(27)23-14-11-10-12-15-23/h10-17,19,21-22H,9,18,20H2,1-8H3,(H,32,37)(H,33,38). The van der Waals surface area contributed by atoms with Gasteiger partial charge in [0.15, 0.2) is 0 Å². The fraction of sp³-hybridized carbons (Fsp3) is 0.452. The number of benzene rings is 2. The molecular formula is C31H43N5O2. The Kier molecular flexibility index (Phi) is 9.36. The summed E-state index contributed by atoms with van der Waals surface area (Å²) < 4.78 is 1.75. The van der Waals surface area contributed by atoms with Crippen molar-refractivity contribution in [1.29, 1.82) is 0 Å². The van der Waals surface area contributed by atoms with Crippen molar-refractivity contribution in [3.8, 4) is 5.69 Å². The van der Waals surface area contributed by atoms with Crippen LogP contribution in [0.3, 0.4) is 0 Å². The van der Waals surface area contributed by atoms with Gasteiger partial charge in [0.05, 0.1) is 11.4 Å². The number of nitrogens with zero attached hydrogens (tertiary/aromatic N) is 3. The van der Waals surface area contributed by atoms with Crippen molar-refractivity contribution in [2.45, 2.75) is 79.1 Å². The minimum absolute atomic E-state index is 0.0641. The lowest BCUT2D eigenvalue weighted by molar-refractivity contribution is -0.116. The second kappa shape index (κ2) is 12.3. The number of anilines is 2. The number of aromatic nitrogens is 2. The minimum atomic E-state index is -0.274. The number of rotatable bonds is 9. The maximum absolute atomic E-state index is 13.5. The van der Waals surface area contributed by atoms with Crippen molar-refractivity contribution >= 4 is 23.4 Å². The average molecular weight is 518 g/mol. The highest BCUT2D eigenvalue weighted by Gasteiger charge is 2.24. The molecule has 0 aliphatic heterocycles. The molecule has 2 aromatic carbocycles. The van der Waals surface area contributed by atoms with Gasteiger partial charge in [-0.2, -0.15) is 5.10 Å². The number of carbonyl (C=O) groups is 2. The van der Waals surface area contributed by atoms with E-state index in [4.69, 9.17) is 5.10 Å². The van der Waals surface area contributed by atoms with E-state index in [1.54, 1.807) is 9.58 Å². The zero-order valence-electron chi connectivity index (χ0n) is 24.1. The van der Waals surface area contributed by atoms with E-state index >= 15 is 0 Å². The molecule has 3 rings (SSSR count). The van der Waals surface area contributed by atoms with E-state index in [-0.39, 0.29) is 35.7 Å². The summed E-state index contributed by atoms with van der Waals surface area (Å²) in [4.78, 5) is 28.3. The summed E-state index contributed by atoms with van der Waals surface area (Å²) in [5.41, 5.74) is 4.56. The van der Waals surface area contributed by atoms with E-state index in [0.717, 1.165) is 34.6 Å². The first-order valence-corrected chi connectivity index (χ1v) is 13.6. The van der Waals surface area contributed by atoms with E-state index in [9.17, 15) is 9.59 Å². The topological polar surface area (TPSA) is 79.3 Å². The molecule has 3 amide bonds. The third-order valence-corrected chi connectivity index (χ3v) is 6.47. The number of urea groups is 1. The van der Waals surface area contributed by atoms with Crippen molar-refractivity contribution in [1.82, 2.24) is 14.7 Å². The summed E-state index contributed by atoms with van der Waals surface area (Å²) in [6.45, 7) is 17.1. The van der Waals surface area contributed by atoms with Gasteiger partial charge in [-0.3, -0.25) is 4.79 Å². The molecule has 7 nitrogen and oxygen atoms in total. The highest BCUT2D eigenvalue weighted by Crippen LogP contribution is 2.32. The van der Waals surface area contributed by atoms with Gasteiger partial charge in [0.2, 0.25) is 5.91 Å². The molecule has 0 aliphatic carbocycles. The fourth-order valence-corrected chi connectivity index (χ4v) is 4.36. The van der Waals surface area contributed by atoms with Crippen LogP contribution in [0.1, 0.15) is 90.5 Å². The number of amides is 3. The second-order valence-corrected chi connectivity index (χ2v) is 11.4. The third kappa shape index (κ3) is 7.03. The molecule has 2 N–H and O–H groups in total. The van der Waals surface area contributed by atoms with Crippen LogP contribution in [-0.4, -0.2) is 39.7 Å². The Labute approximate surface area is 227 Å². The van der Waals surface area contributed by atoms with Crippen LogP contribution in [0.4, 0.5) is 16.3 Å². The van der Waals surface area contributed by atoms with Crippen molar-refractivity contribution < 1.29 is 9.59 Å². The van der Waals surface area contributed by atoms with Gasteiger partial charge in [-0.15, -0.1) is 0 Å². The highest BCUT2D eigenvalue weighted by molar-refractivity contribution is 5.97. The van der Waals surface area contributed by atoms with Crippen LogP contribution < -0.4 is 10.6 Å². The van der Waals surface area contributed by atoms with Gasteiger partial charge < -0.3 is 15.5 Å². The largest absolute Gasteiger partial charge is 0.322 e. The van der Waals surface area contributed by atoms with Gasteiger partial charge in [0, 0.05) is 23.7 Å². The van der Waals surface area contributed by atoms with E-state index in [0.29, 0.717) is 12.4 Å². The van der Waals surface area contributed by atoms with Crippen molar-refractivity contribution in [3.63, 3.8) is 0 Å². The molecule has 1 aromatic heterocycles. The van der Waals surface area contributed by atoms with Crippen LogP contribution in [0.15, 0.2) is 54.6 Å². The van der Waals surface area contributed by atoms with Gasteiger partial charge in [-0.25, -0.2) is 9.48 Å². The van der Waals surface area contributed by atoms with Crippen molar-refractivity contribution in [2.75, 3.05) is 23.7 Å². The molecule has 3 aromatic rings. The van der Waals surface area contributed by atoms with Crippen molar-refractivity contribution in [2.24, 2.45) is 0 Å². The van der Waals surface area contributed by atoms with Crippen LogP contribution in [-0.2, 0) is 10.2 Å². The Morgan fingerprint density at radius 1 is 0.921 bits per heavy atom. The average Bonchev–Trinajstić information content (AvgIpc) is 3.28. The van der Waals surface area contributed by atoms with E-state index in [1.807, 2.05) is 49.4 Å². The SMILES string of the molecule is CCCN(CC(=O)Nc1cc(C(C)(C)C)nn1-c1ccccc1)C(=O)Nc1c(C(C)C)cccc1C(C)C. The maximum Gasteiger partial charge on any atom is 0.322 e. The molecule has 0 radical (unpaired) electrons. The number of nitrogens with one attached hydrogen (secondary N) is 2. The lowest BCUT2D eigenvalue weighted by Crippen LogP contribution is -2.41. The number of hydrogen-bond donors (Lipinski definition) is 2. The number of para-hydroxylation sites is 2. The zero-order chi connectivity index (χ0) is 28.0. The highest BCUT2D eigenvalue weighted by atomic mass is 16.2. The maximum atomic E-state index is 13.5. The zero-order valence-corrected chi connectivity index (χ0v) is 24.1. The van der Waals surface area contributed by atoms with Gasteiger partial charge in [0.25, 0.3) is 0 Å². The molecule has 0 atom stereocenters. The van der Waals surface area contributed by atoms with E-state index in [2.05, 4.69) is 71.2 Å². The van der Waals surface area contributed by atoms with Gasteiger partial charge in [0.1, 0.15) is 12.4 Å². The van der Waals surface area contributed by atoms with Crippen LogP contribution in [0.2, 0.25) is 0 Å². The monoisotopic (exact) mass is 517 g/mol. The van der Waals surface area contributed by atoms with Crippen molar-refractivity contribution in [3.05, 3.63) is 71.4 Å². The molecular weight excluding hydrogens is 474 g/mol. The minimum Gasteiger partial charge on any atom is -0.315 e. The van der Waals surface area contributed by atoms with Crippen LogP contribution in [0.5, 0.6) is 0 Å². The van der Waals surface area contributed by atoms with E-state index in [1.165, 1.54) is 0 Å². The first-order chi connectivity index (χ1) is 17.9. The summed E-state index contributed by atoms with van der Waals surface area (Å²) in [7, 11) is 0. The Morgan fingerprint density at radius 3 is 2.05 bits per heavy atom. The molecule has 0 aliphatic rings. The summed E-state index contributed by atoms with van der Waals surface area (Å²) in [6, 6.07) is 17.5. The molecule has 38 heavy (non-hydrogen) atoms. The number of hydrogen-bond acceptors (Lipinski definition) is 3. The Morgan fingerprint density at radius 2 is 1.53 bits per heavy atom. The molecule has 0 saturated heterocycles. The molecule has 0 bridgehead atoms. The predicted octanol–water partition coefficient (Wildman–Crippen LogP) is 7.30. The van der Waals surface area contributed by atoms with Gasteiger partial charge in [-0.1, -0.05) is 91.8 Å². The van der Waals surface area contributed by atoms with Crippen LogP contribution >= 0.6 is 0 Å². The summed E-state index contributed by atoms with van der Waals surface area (Å²) >= 11 is 0. The van der Waals surface area contributed by atoms with Crippen LogP contribution in [0.25, 0.3) is 5.69 Å². The normalized spacial score (nSPS) is 11.6. The molecule has 0 saturated carbocycles. The summed E-state index contributed by atoms with van der Waals surface area (Å²) in [6.07, 6.45) is 0.736. The van der Waals surface area contributed by atoms with Gasteiger partial charge in [-0.05, 0) is 41.5 Å². The predicted molar refractivity (Wildman–Crippen MR) is 156 cm³/mol. The molecule has 204 valence electrons. The molecule has 1 heterocycles. The first-order valence-electron chi connectivity index (χ1n) is 13.6. The summed E-state index contributed by atoms with van der Waals surface area (Å²) in [5.74, 6) is 0.812. The van der Waals surface area contributed by atoms with Gasteiger partial charge >= 0.3 is 6.03 Å². The lowest BCUT2D eigenvalue weighted by Gasteiger charge is -2.25. The Balaban J connectivity index is 1.84. The fourth-order valence-electron chi connectivity index (χ4n) is 4.36. The molecule has 0 unspecified atom stereocenters. The first kappa shape index (κ1) is 29.0. The lowest BCUT2D eigenvalue weighted by atomic mass is 9.92. The summed E-state index contributed by atoms with van der Waals surface area (Å²) in [5, 5.41) is 10.9. The Bertz CT molecular complexity index is 1210.